The molecule has 0 aromatic heterocycles. The molecule has 0 aliphatic heterocycles. The van der Waals surface area contributed by atoms with E-state index in [0.29, 0.717) is 6.42 Å². The van der Waals surface area contributed by atoms with E-state index in [-0.39, 0.29) is 31.3 Å². The number of hydrogen-bond acceptors (Lipinski definition) is 7. The van der Waals surface area contributed by atoms with E-state index < -0.39 is 60.7 Å². The molecule has 0 heterocycles. The predicted octanol–water partition coefficient (Wildman–Crippen LogP) is -3.54. The van der Waals surface area contributed by atoms with Gasteiger partial charge in [-0.25, -0.2) is 4.79 Å². The van der Waals surface area contributed by atoms with Crippen LogP contribution in [0.25, 0.3) is 0 Å². The molecule has 0 saturated carbocycles. The molecule has 3 unspecified atom stereocenters. The Morgan fingerprint density at radius 3 is 2.09 bits per heavy atom. The van der Waals surface area contributed by atoms with Crippen molar-refractivity contribution in [2.24, 2.45) is 33.8 Å². The Bertz CT molecular complexity index is 708. The molecule has 0 aliphatic rings. The van der Waals surface area contributed by atoms with Crippen molar-refractivity contribution in [1.82, 2.24) is 16.0 Å². The Morgan fingerprint density at radius 1 is 0.969 bits per heavy atom. The number of carbonyl (C=O) groups excluding carboxylic acids is 4. The number of carboxylic acids is 1. The largest absolute Gasteiger partial charge is 0.480 e. The maximum Gasteiger partial charge on any atom is 0.326 e. The first-order valence-corrected chi connectivity index (χ1v) is 10.0. The van der Waals surface area contributed by atoms with Crippen molar-refractivity contribution in [1.29, 1.82) is 0 Å². The lowest BCUT2D eigenvalue weighted by molar-refractivity contribution is -0.142. The molecule has 182 valence electrons. The van der Waals surface area contributed by atoms with E-state index >= 15 is 0 Å². The number of nitrogens with zero attached hydrogens (tertiary/aromatic N) is 1. The molecule has 12 N–H and O–H groups in total. The van der Waals surface area contributed by atoms with Crippen molar-refractivity contribution >= 4 is 35.6 Å². The van der Waals surface area contributed by atoms with Gasteiger partial charge >= 0.3 is 5.97 Å². The lowest BCUT2D eigenvalue weighted by atomic mass is 10.0. The summed E-state index contributed by atoms with van der Waals surface area (Å²) in [5.41, 5.74) is 21.1. The van der Waals surface area contributed by atoms with Crippen LogP contribution in [0, 0.1) is 5.92 Å². The molecule has 0 aromatic rings. The van der Waals surface area contributed by atoms with Crippen molar-refractivity contribution < 1.29 is 29.1 Å². The lowest BCUT2D eigenvalue weighted by Gasteiger charge is -2.21. The van der Waals surface area contributed by atoms with Gasteiger partial charge in [-0.15, -0.1) is 0 Å². The zero-order chi connectivity index (χ0) is 24.8. The molecular formula is C18H34N8O6. The van der Waals surface area contributed by atoms with Crippen molar-refractivity contribution in [2.45, 2.75) is 57.7 Å². The first-order chi connectivity index (χ1) is 14.8. The molecule has 0 radical (unpaired) electrons. The highest BCUT2D eigenvalue weighted by Gasteiger charge is 2.26. The first kappa shape index (κ1) is 28.6. The quantitative estimate of drug-likeness (QED) is 0.0685. The highest BCUT2D eigenvalue weighted by molar-refractivity contribution is 5.93. The van der Waals surface area contributed by atoms with Gasteiger partial charge in [0.15, 0.2) is 5.96 Å². The minimum absolute atomic E-state index is 0.0282. The third-order valence-electron chi connectivity index (χ3n) is 4.10. The van der Waals surface area contributed by atoms with Crippen LogP contribution in [0.2, 0.25) is 0 Å². The smallest absolute Gasteiger partial charge is 0.326 e. The van der Waals surface area contributed by atoms with Crippen molar-refractivity contribution in [3.05, 3.63) is 0 Å². The van der Waals surface area contributed by atoms with Gasteiger partial charge in [0, 0.05) is 6.54 Å². The first-order valence-electron chi connectivity index (χ1n) is 10.0. The molecule has 0 spiro atoms. The summed E-state index contributed by atoms with van der Waals surface area (Å²) in [6.45, 7) is 3.30. The standard InChI is InChI=1S/C18H34N8O6/c1-9(2)6-12(17(31)32)25-14(28)8-24-16(30)11(4-3-5-23-18(21)22)26-15(29)10(19)7-13(20)27/h9-12H,3-8,19H2,1-2H3,(H2,20,27)(H,24,30)(H,25,28)(H,26,29)(H,31,32)(H4,21,22,23). The molecule has 32 heavy (non-hydrogen) atoms. The Morgan fingerprint density at radius 2 is 1.59 bits per heavy atom. The van der Waals surface area contributed by atoms with Crippen molar-refractivity contribution in [2.75, 3.05) is 13.1 Å². The van der Waals surface area contributed by atoms with E-state index in [4.69, 9.17) is 22.9 Å². The van der Waals surface area contributed by atoms with E-state index in [1.54, 1.807) is 0 Å². The van der Waals surface area contributed by atoms with Crippen LogP contribution < -0.4 is 38.9 Å². The molecule has 0 saturated heterocycles. The van der Waals surface area contributed by atoms with Crippen LogP contribution in [0.3, 0.4) is 0 Å². The van der Waals surface area contributed by atoms with Crippen LogP contribution >= 0.6 is 0 Å². The molecule has 4 amide bonds. The Labute approximate surface area is 185 Å². The molecule has 0 rings (SSSR count). The van der Waals surface area contributed by atoms with E-state index in [1.807, 2.05) is 13.8 Å². The fourth-order valence-electron chi connectivity index (χ4n) is 2.59. The number of aliphatic imine (C=N–C) groups is 1. The zero-order valence-corrected chi connectivity index (χ0v) is 18.3. The number of carbonyl (C=O) groups is 5. The Balaban J connectivity index is 4.99. The summed E-state index contributed by atoms with van der Waals surface area (Å²) in [5.74, 6) is -4.27. The van der Waals surface area contributed by atoms with Crippen LogP contribution in [-0.4, -0.2) is 71.9 Å². The number of rotatable bonds is 15. The van der Waals surface area contributed by atoms with E-state index in [0.717, 1.165) is 0 Å². The number of amides is 4. The average molecular weight is 459 g/mol. The second-order valence-electron chi connectivity index (χ2n) is 7.59. The number of nitrogens with two attached hydrogens (primary N) is 4. The van der Waals surface area contributed by atoms with Crippen LogP contribution in [0.4, 0.5) is 0 Å². The second kappa shape index (κ2) is 14.6. The van der Waals surface area contributed by atoms with Gasteiger partial charge in [0.1, 0.15) is 12.1 Å². The number of primary amides is 1. The summed E-state index contributed by atoms with van der Waals surface area (Å²) >= 11 is 0. The Hall–Kier alpha value is -3.42. The molecule has 0 bridgehead atoms. The number of hydrogen-bond donors (Lipinski definition) is 8. The van der Waals surface area contributed by atoms with Crippen LogP contribution in [0.5, 0.6) is 0 Å². The van der Waals surface area contributed by atoms with Gasteiger partial charge in [-0.3, -0.25) is 24.2 Å². The lowest BCUT2D eigenvalue weighted by Crippen LogP contribution is -2.54. The topological polar surface area (TPSA) is 258 Å². The predicted molar refractivity (Wildman–Crippen MR) is 116 cm³/mol. The third kappa shape index (κ3) is 13.0. The van der Waals surface area contributed by atoms with Gasteiger partial charge in [0.2, 0.25) is 23.6 Å². The van der Waals surface area contributed by atoms with Gasteiger partial charge in [0.25, 0.3) is 0 Å². The summed E-state index contributed by atoms with van der Waals surface area (Å²) < 4.78 is 0. The van der Waals surface area contributed by atoms with Crippen LogP contribution in [0.1, 0.15) is 39.5 Å². The summed E-state index contributed by atoms with van der Waals surface area (Å²) in [7, 11) is 0. The van der Waals surface area contributed by atoms with E-state index in [1.165, 1.54) is 0 Å². The fraction of sp³-hybridized carbons (Fsp3) is 0.667. The highest BCUT2D eigenvalue weighted by Crippen LogP contribution is 2.05. The second-order valence-corrected chi connectivity index (χ2v) is 7.59. The van der Waals surface area contributed by atoms with Gasteiger partial charge in [0.05, 0.1) is 19.0 Å². The van der Waals surface area contributed by atoms with Crippen molar-refractivity contribution in [3.8, 4) is 0 Å². The van der Waals surface area contributed by atoms with E-state index in [9.17, 15) is 29.1 Å². The number of carboxylic acid groups (broad SMARTS) is 1. The maximum atomic E-state index is 12.5. The van der Waals surface area contributed by atoms with E-state index in [2.05, 4.69) is 20.9 Å². The minimum Gasteiger partial charge on any atom is -0.480 e. The van der Waals surface area contributed by atoms with Crippen molar-refractivity contribution in [3.63, 3.8) is 0 Å². The number of aliphatic carboxylic acids is 1. The molecule has 0 aromatic carbocycles. The van der Waals surface area contributed by atoms with Gasteiger partial charge in [-0.1, -0.05) is 13.8 Å². The molecule has 0 fully saturated rings. The average Bonchev–Trinajstić information content (AvgIpc) is 2.66. The maximum absolute atomic E-state index is 12.5. The monoisotopic (exact) mass is 458 g/mol. The number of guanidine groups is 1. The summed E-state index contributed by atoms with van der Waals surface area (Å²) in [6.07, 6.45) is 0.215. The molecule has 0 aliphatic carbocycles. The summed E-state index contributed by atoms with van der Waals surface area (Å²) in [6, 6.07) is -3.45. The van der Waals surface area contributed by atoms with Crippen LogP contribution in [-0.2, 0) is 24.0 Å². The molecular weight excluding hydrogens is 424 g/mol. The van der Waals surface area contributed by atoms with Gasteiger partial charge in [-0.2, -0.15) is 0 Å². The normalized spacial score (nSPS) is 13.4. The van der Waals surface area contributed by atoms with Gasteiger partial charge < -0.3 is 44.0 Å². The zero-order valence-electron chi connectivity index (χ0n) is 18.3. The fourth-order valence-corrected chi connectivity index (χ4v) is 2.59. The number of nitrogens with one attached hydrogen (secondary N) is 3. The minimum atomic E-state index is -1.25. The van der Waals surface area contributed by atoms with Gasteiger partial charge in [-0.05, 0) is 25.2 Å². The SMILES string of the molecule is CC(C)CC(NC(=O)CNC(=O)C(CCCN=C(N)N)NC(=O)C(N)CC(N)=O)C(=O)O. The third-order valence-corrected chi connectivity index (χ3v) is 4.10. The highest BCUT2D eigenvalue weighted by atomic mass is 16.4. The van der Waals surface area contributed by atoms with Crippen LogP contribution in [0.15, 0.2) is 4.99 Å². The molecule has 3 atom stereocenters. The molecule has 14 heteroatoms. The summed E-state index contributed by atoms with van der Waals surface area (Å²) in [5, 5.41) is 16.3. The molecule has 14 nitrogen and oxygen atoms in total. The Kier molecular flexibility index (Phi) is 13.0. The summed E-state index contributed by atoms with van der Waals surface area (Å²) in [4.78, 5) is 62.7.